The first-order valence-electron chi connectivity index (χ1n) is 6.77. The van der Waals surface area contributed by atoms with Gasteiger partial charge in [0.1, 0.15) is 0 Å². The number of hydrogen-bond acceptors (Lipinski definition) is 3. The van der Waals surface area contributed by atoms with Crippen molar-refractivity contribution >= 4 is 28.2 Å². The predicted octanol–water partition coefficient (Wildman–Crippen LogP) is 3.02. The van der Waals surface area contributed by atoms with E-state index in [0.717, 1.165) is 5.56 Å². The monoisotopic (exact) mass is 315 g/mol. The minimum atomic E-state index is -0.983. The van der Waals surface area contributed by atoms with Gasteiger partial charge in [-0.25, -0.2) is 0 Å². The summed E-state index contributed by atoms with van der Waals surface area (Å²) in [4.78, 5) is 23.5. The van der Waals surface area contributed by atoms with Crippen molar-refractivity contribution in [3.8, 4) is 0 Å². The number of nitrogens with one attached hydrogen (secondary N) is 1. The van der Waals surface area contributed by atoms with E-state index in [1.54, 1.807) is 36.6 Å². The van der Waals surface area contributed by atoms with E-state index < -0.39 is 10.8 Å². The molecule has 22 heavy (non-hydrogen) atoms. The molecule has 0 saturated carbocycles. The second-order valence-corrected chi connectivity index (χ2v) is 6.40. The van der Waals surface area contributed by atoms with Gasteiger partial charge < -0.3 is 5.32 Å². The SMILES string of the molecule is CC(=O)c1ccc(C(=O)Nc2ccccc2CS(C)=O)cc1. The Hall–Kier alpha value is -2.27. The lowest BCUT2D eigenvalue weighted by atomic mass is 10.1. The molecule has 5 heteroatoms. The van der Waals surface area contributed by atoms with E-state index in [1.165, 1.54) is 6.92 Å². The van der Waals surface area contributed by atoms with Gasteiger partial charge in [-0.05, 0) is 30.7 Å². The molecule has 114 valence electrons. The van der Waals surface area contributed by atoms with E-state index in [1.807, 2.05) is 18.2 Å². The molecule has 0 aliphatic rings. The molecule has 0 aliphatic heterocycles. The van der Waals surface area contributed by atoms with Crippen LogP contribution >= 0.6 is 0 Å². The van der Waals surface area contributed by atoms with Crippen molar-refractivity contribution in [3.63, 3.8) is 0 Å². The zero-order valence-corrected chi connectivity index (χ0v) is 13.3. The van der Waals surface area contributed by atoms with Gasteiger partial charge in [0, 0.05) is 33.9 Å². The third-order valence-electron chi connectivity index (χ3n) is 3.18. The Balaban J connectivity index is 2.18. The number of amides is 1. The quantitative estimate of drug-likeness (QED) is 0.863. The summed E-state index contributed by atoms with van der Waals surface area (Å²) in [6.07, 6.45) is 1.62. The molecule has 0 heterocycles. The van der Waals surface area contributed by atoms with Crippen LogP contribution in [-0.2, 0) is 16.6 Å². The maximum absolute atomic E-state index is 12.3. The minimum Gasteiger partial charge on any atom is -0.322 e. The van der Waals surface area contributed by atoms with Gasteiger partial charge in [-0.15, -0.1) is 0 Å². The van der Waals surface area contributed by atoms with E-state index >= 15 is 0 Å². The molecular weight excluding hydrogens is 298 g/mol. The lowest BCUT2D eigenvalue weighted by molar-refractivity contribution is 0.100. The molecule has 4 nitrogen and oxygen atoms in total. The van der Waals surface area contributed by atoms with E-state index in [4.69, 9.17) is 0 Å². The summed E-state index contributed by atoms with van der Waals surface area (Å²) in [6, 6.07) is 13.8. The number of carbonyl (C=O) groups is 2. The van der Waals surface area contributed by atoms with Gasteiger partial charge in [0.25, 0.3) is 5.91 Å². The Morgan fingerprint density at radius 1 is 1.00 bits per heavy atom. The third kappa shape index (κ3) is 4.11. The first-order chi connectivity index (χ1) is 10.5. The first-order valence-corrected chi connectivity index (χ1v) is 8.50. The van der Waals surface area contributed by atoms with Gasteiger partial charge in [0.15, 0.2) is 5.78 Å². The highest BCUT2D eigenvalue weighted by molar-refractivity contribution is 7.83. The topological polar surface area (TPSA) is 63.2 Å². The zero-order chi connectivity index (χ0) is 16.1. The summed E-state index contributed by atoms with van der Waals surface area (Å²) in [6.45, 7) is 1.48. The Morgan fingerprint density at radius 2 is 1.59 bits per heavy atom. The molecule has 0 saturated heterocycles. The highest BCUT2D eigenvalue weighted by Gasteiger charge is 2.10. The van der Waals surface area contributed by atoms with E-state index in [0.29, 0.717) is 22.6 Å². The first kappa shape index (κ1) is 16.1. The maximum atomic E-state index is 12.3. The van der Waals surface area contributed by atoms with Gasteiger partial charge >= 0.3 is 0 Å². The number of rotatable bonds is 5. The molecule has 1 N–H and O–H groups in total. The van der Waals surface area contributed by atoms with Crippen LogP contribution in [0.25, 0.3) is 0 Å². The second-order valence-electron chi connectivity index (χ2n) is 4.96. The summed E-state index contributed by atoms with van der Waals surface area (Å²) in [7, 11) is -0.983. The summed E-state index contributed by atoms with van der Waals surface area (Å²) >= 11 is 0. The van der Waals surface area contributed by atoms with E-state index in [2.05, 4.69) is 5.32 Å². The van der Waals surface area contributed by atoms with Crippen molar-refractivity contribution in [2.45, 2.75) is 12.7 Å². The van der Waals surface area contributed by atoms with Crippen LogP contribution in [0.1, 0.15) is 33.2 Å². The Kier molecular flexibility index (Phi) is 5.22. The number of hydrogen-bond donors (Lipinski definition) is 1. The number of ketones is 1. The van der Waals surface area contributed by atoms with Crippen molar-refractivity contribution in [1.82, 2.24) is 0 Å². The van der Waals surface area contributed by atoms with Gasteiger partial charge in [0.05, 0.1) is 5.75 Å². The van der Waals surface area contributed by atoms with Crippen LogP contribution in [0.15, 0.2) is 48.5 Å². The molecule has 1 unspecified atom stereocenters. The van der Waals surface area contributed by atoms with E-state index in [9.17, 15) is 13.8 Å². The van der Waals surface area contributed by atoms with Crippen LogP contribution in [0.2, 0.25) is 0 Å². The van der Waals surface area contributed by atoms with Crippen LogP contribution < -0.4 is 5.32 Å². The van der Waals surface area contributed by atoms with Crippen LogP contribution in [-0.4, -0.2) is 22.2 Å². The van der Waals surface area contributed by atoms with Crippen molar-refractivity contribution < 1.29 is 13.8 Å². The number of anilines is 1. The highest BCUT2D eigenvalue weighted by Crippen LogP contribution is 2.18. The van der Waals surface area contributed by atoms with Crippen molar-refractivity contribution in [1.29, 1.82) is 0 Å². The fourth-order valence-electron chi connectivity index (χ4n) is 2.04. The molecule has 2 aromatic carbocycles. The Bertz CT molecular complexity index is 723. The van der Waals surface area contributed by atoms with Crippen LogP contribution in [0.3, 0.4) is 0 Å². The molecular formula is C17H17NO3S. The van der Waals surface area contributed by atoms with Crippen LogP contribution in [0.5, 0.6) is 0 Å². The number of Topliss-reactive ketones (excluding diaryl/α,β-unsaturated/α-hetero) is 1. The van der Waals surface area contributed by atoms with E-state index in [-0.39, 0.29) is 11.7 Å². The number of benzene rings is 2. The summed E-state index contributed by atoms with van der Waals surface area (Å²) in [5.74, 6) is 0.0897. The van der Waals surface area contributed by atoms with Crippen molar-refractivity contribution in [3.05, 3.63) is 65.2 Å². The van der Waals surface area contributed by atoms with Gasteiger partial charge in [-0.1, -0.05) is 30.3 Å². The summed E-state index contributed by atoms with van der Waals surface area (Å²) in [5, 5.41) is 2.82. The third-order valence-corrected chi connectivity index (χ3v) is 3.90. The lowest BCUT2D eigenvalue weighted by Gasteiger charge is -2.10. The average molecular weight is 315 g/mol. The summed E-state index contributed by atoms with van der Waals surface area (Å²) < 4.78 is 11.4. The maximum Gasteiger partial charge on any atom is 0.255 e. The standard InChI is InChI=1S/C17H17NO3S/c1-12(19)13-7-9-14(10-8-13)17(20)18-16-6-4-3-5-15(16)11-22(2)21/h3-10H,11H2,1-2H3,(H,18,20). The fourth-order valence-corrected chi connectivity index (χ4v) is 2.73. The normalized spacial score (nSPS) is 11.7. The van der Waals surface area contributed by atoms with Crippen molar-refractivity contribution in [2.24, 2.45) is 0 Å². The number of carbonyl (C=O) groups excluding carboxylic acids is 2. The minimum absolute atomic E-state index is 0.0391. The molecule has 0 bridgehead atoms. The molecule has 1 atom stereocenters. The Labute approximate surface area is 132 Å². The van der Waals surface area contributed by atoms with Crippen LogP contribution in [0.4, 0.5) is 5.69 Å². The predicted molar refractivity (Wildman–Crippen MR) is 88.6 cm³/mol. The second kappa shape index (κ2) is 7.13. The molecule has 1 amide bonds. The lowest BCUT2D eigenvalue weighted by Crippen LogP contribution is -2.13. The molecule has 0 aliphatic carbocycles. The Morgan fingerprint density at radius 3 is 2.18 bits per heavy atom. The molecule has 0 radical (unpaired) electrons. The molecule has 2 rings (SSSR count). The van der Waals surface area contributed by atoms with Crippen molar-refractivity contribution in [2.75, 3.05) is 11.6 Å². The molecule has 2 aromatic rings. The van der Waals surface area contributed by atoms with Crippen LogP contribution in [0, 0.1) is 0 Å². The number of para-hydroxylation sites is 1. The van der Waals surface area contributed by atoms with Gasteiger partial charge in [-0.2, -0.15) is 0 Å². The summed E-state index contributed by atoms with van der Waals surface area (Å²) in [5.41, 5.74) is 2.52. The zero-order valence-electron chi connectivity index (χ0n) is 12.5. The highest BCUT2D eigenvalue weighted by atomic mass is 32.2. The van der Waals surface area contributed by atoms with Gasteiger partial charge in [0.2, 0.25) is 0 Å². The molecule has 0 aromatic heterocycles. The van der Waals surface area contributed by atoms with Gasteiger partial charge in [-0.3, -0.25) is 13.8 Å². The fraction of sp³-hybridized carbons (Fsp3) is 0.176. The average Bonchev–Trinajstić information content (AvgIpc) is 2.48. The molecule has 0 fully saturated rings. The largest absolute Gasteiger partial charge is 0.322 e. The smallest absolute Gasteiger partial charge is 0.255 e. The molecule has 0 spiro atoms.